The van der Waals surface area contributed by atoms with Crippen LogP contribution in [-0.2, 0) is 0 Å². The minimum atomic E-state index is -1.05. The van der Waals surface area contributed by atoms with Gasteiger partial charge in [-0.1, -0.05) is 11.6 Å². The second-order valence-corrected chi connectivity index (χ2v) is 2.38. The molecule has 0 bridgehead atoms. The molecule has 1 N–H and O–H groups in total. The van der Waals surface area contributed by atoms with E-state index in [2.05, 4.69) is 25.4 Å². The number of aromatic nitrogens is 2. The zero-order valence-electron chi connectivity index (χ0n) is 6.32. The SMILES string of the molecule is CCNc1nonc1C(Cl)N=O. The van der Waals surface area contributed by atoms with Gasteiger partial charge in [-0.05, 0) is 22.4 Å². The third-order valence-corrected chi connectivity index (χ3v) is 1.46. The lowest BCUT2D eigenvalue weighted by molar-refractivity contribution is 0.304. The lowest BCUT2D eigenvalue weighted by Gasteiger charge is -1.98. The normalized spacial score (nSPS) is 12.5. The molecule has 1 atom stereocenters. The second-order valence-electron chi connectivity index (χ2n) is 1.97. The summed E-state index contributed by atoms with van der Waals surface area (Å²) in [6, 6.07) is 0. The monoisotopic (exact) mass is 190 g/mol. The lowest BCUT2D eigenvalue weighted by atomic mass is 10.4. The Morgan fingerprint density at radius 3 is 3.08 bits per heavy atom. The highest BCUT2D eigenvalue weighted by molar-refractivity contribution is 6.20. The van der Waals surface area contributed by atoms with Gasteiger partial charge in [0.05, 0.1) is 0 Å². The minimum absolute atomic E-state index is 0.216. The molecular formula is C5H7ClN4O2. The first-order chi connectivity index (χ1) is 5.79. The quantitative estimate of drug-likeness (QED) is 0.442. The standard InChI is InChI=1S/C5H7ClN4O2/c1-2-7-5-3(4(6)8-11)9-12-10-5/h4H,2H2,1H3,(H,7,10). The Bertz CT molecular complexity index is 264. The summed E-state index contributed by atoms with van der Waals surface area (Å²) in [5.74, 6) is 0.358. The van der Waals surface area contributed by atoms with Crippen molar-refractivity contribution in [2.45, 2.75) is 12.4 Å². The van der Waals surface area contributed by atoms with Crippen molar-refractivity contribution in [2.24, 2.45) is 5.18 Å². The fourth-order valence-corrected chi connectivity index (χ4v) is 0.835. The van der Waals surface area contributed by atoms with Crippen LogP contribution < -0.4 is 5.32 Å². The van der Waals surface area contributed by atoms with Gasteiger partial charge in [0.15, 0.2) is 11.5 Å². The van der Waals surface area contributed by atoms with E-state index in [1.54, 1.807) is 0 Å². The molecule has 0 aliphatic carbocycles. The highest BCUT2D eigenvalue weighted by atomic mass is 35.5. The summed E-state index contributed by atoms with van der Waals surface area (Å²) in [5, 5.41) is 12.3. The molecular weight excluding hydrogens is 184 g/mol. The zero-order chi connectivity index (χ0) is 8.97. The van der Waals surface area contributed by atoms with E-state index in [4.69, 9.17) is 11.6 Å². The van der Waals surface area contributed by atoms with Crippen LogP contribution in [0.25, 0.3) is 0 Å². The fourth-order valence-electron chi connectivity index (χ4n) is 0.692. The van der Waals surface area contributed by atoms with Crippen LogP contribution in [0, 0.1) is 4.91 Å². The Labute approximate surface area is 73.2 Å². The number of anilines is 1. The number of halogens is 1. The number of nitroso groups, excluding NO2 is 1. The van der Waals surface area contributed by atoms with Gasteiger partial charge in [0.2, 0.25) is 5.50 Å². The van der Waals surface area contributed by atoms with Crippen LogP contribution in [0.3, 0.4) is 0 Å². The molecule has 1 aromatic rings. The number of rotatable bonds is 4. The van der Waals surface area contributed by atoms with Crippen LogP contribution >= 0.6 is 11.6 Å². The molecule has 0 saturated carbocycles. The fraction of sp³-hybridized carbons (Fsp3) is 0.600. The molecule has 0 aromatic carbocycles. The number of hydrogen-bond donors (Lipinski definition) is 1. The molecule has 0 fully saturated rings. The van der Waals surface area contributed by atoms with Crippen LogP contribution in [-0.4, -0.2) is 16.9 Å². The van der Waals surface area contributed by atoms with E-state index in [1.165, 1.54) is 0 Å². The van der Waals surface area contributed by atoms with Gasteiger partial charge >= 0.3 is 0 Å². The third-order valence-electron chi connectivity index (χ3n) is 1.18. The first kappa shape index (κ1) is 8.92. The van der Waals surface area contributed by atoms with Crippen molar-refractivity contribution < 1.29 is 4.63 Å². The highest BCUT2D eigenvalue weighted by Gasteiger charge is 2.18. The van der Waals surface area contributed by atoms with Gasteiger partial charge in [-0.25, -0.2) is 4.63 Å². The summed E-state index contributed by atoms with van der Waals surface area (Å²) >= 11 is 5.49. The van der Waals surface area contributed by atoms with Gasteiger partial charge in [0, 0.05) is 6.54 Å². The van der Waals surface area contributed by atoms with Crippen molar-refractivity contribution in [3.05, 3.63) is 10.6 Å². The predicted molar refractivity (Wildman–Crippen MR) is 42.9 cm³/mol. The lowest BCUT2D eigenvalue weighted by Crippen LogP contribution is -2.00. The van der Waals surface area contributed by atoms with E-state index in [0.29, 0.717) is 12.4 Å². The van der Waals surface area contributed by atoms with Crippen LogP contribution in [0.15, 0.2) is 9.81 Å². The molecule has 12 heavy (non-hydrogen) atoms. The van der Waals surface area contributed by atoms with Crippen LogP contribution in [0.1, 0.15) is 18.1 Å². The topological polar surface area (TPSA) is 80.4 Å². The van der Waals surface area contributed by atoms with Crippen molar-refractivity contribution in [1.29, 1.82) is 0 Å². The highest BCUT2D eigenvalue weighted by Crippen LogP contribution is 2.24. The summed E-state index contributed by atoms with van der Waals surface area (Å²) in [6.07, 6.45) is 0. The van der Waals surface area contributed by atoms with Crippen molar-refractivity contribution in [3.8, 4) is 0 Å². The molecule has 1 heterocycles. The average molecular weight is 191 g/mol. The molecule has 0 spiro atoms. The molecule has 6 nitrogen and oxygen atoms in total. The second kappa shape index (κ2) is 4.01. The van der Waals surface area contributed by atoms with E-state index in [1.807, 2.05) is 6.92 Å². The van der Waals surface area contributed by atoms with Crippen molar-refractivity contribution in [2.75, 3.05) is 11.9 Å². The molecule has 0 aliphatic heterocycles. The number of nitrogens with one attached hydrogen (secondary N) is 1. The van der Waals surface area contributed by atoms with Crippen molar-refractivity contribution >= 4 is 17.4 Å². The zero-order valence-corrected chi connectivity index (χ0v) is 7.08. The smallest absolute Gasteiger partial charge is 0.214 e. The Hall–Kier alpha value is -1.17. The van der Waals surface area contributed by atoms with Crippen LogP contribution in [0.2, 0.25) is 0 Å². The largest absolute Gasteiger partial charge is 0.366 e. The predicted octanol–water partition coefficient (Wildman–Crippen LogP) is 1.51. The summed E-state index contributed by atoms with van der Waals surface area (Å²) in [7, 11) is 0. The van der Waals surface area contributed by atoms with E-state index >= 15 is 0 Å². The summed E-state index contributed by atoms with van der Waals surface area (Å²) in [5.41, 5.74) is -0.834. The van der Waals surface area contributed by atoms with Gasteiger partial charge in [-0.2, -0.15) is 0 Å². The van der Waals surface area contributed by atoms with Crippen LogP contribution in [0.5, 0.6) is 0 Å². The Morgan fingerprint density at radius 1 is 1.75 bits per heavy atom. The van der Waals surface area contributed by atoms with Crippen LogP contribution in [0.4, 0.5) is 5.82 Å². The molecule has 1 unspecified atom stereocenters. The Morgan fingerprint density at radius 2 is 2.50 bits per heavy atom. The van der Waals surface area contributed by atoms with Gasteiger partial charge in [-0.3, -0.25) is 0 Å². The first-order valence-electron chi connectivity index (χ1n) is 3.32. The minimum Gasteiger partial charge on any atom is -0.366 e. The summed E-state index contributed by atoms with van der Waals surface area (Å²) in [4.78, 5) is 10.0. The van der Waals surface area contributed by atoms with Gasteiger partial charge in [-0.15, -0.1) is 4.91 Å². The van der Waals surface area contributed by atoms with E-state index in [0.717, 1.165) is 0 Å². The maximum atomic E-state index is 10.0. The van der Waals surface area contributed by atoms with Gasteiger partial charge in [0.25, 0.3) is 0 Å². The summed E-state index contributed by atoms with van der Waals surface area (Å²) in [6.45, 7) is 2.51. The van der Waals surface area contributed by atoms with Gasteiger partial charge < -0.3 is 5.32 Å². The van der Waals surface area contributed by atoms with E-state index in [-0.39, 0.29) is 5.69 Å². The van der Waals surface area contributed by atoms with Crippen molar-refractivity contribution in [1.82, 2.24) is 10.3 Å². The van der Waals surface area contributed by atoms with Crippen molar-refractivity contribution in [3.63, 3.8) is 0 Å². The third kappa shape index (κ3) is 1.70. The molecule has 66 valence electrons. The molecule has 0 aliphatic rings. The number of alkyl halides is 1. The molecule has 0 saturated heterocycles. The maximum absolute atomic E-state index is 10.0. The molecule has 1 aromatic heterocycles. The molecule has 7 heteroatoms. The Balaban J connectivity index is 2.82. The number of hydrogen-bond acceptors (Lipinski definition) is 6. The maximum Gasteiger partial charge on any atom is 0.214 e. The average Bonchev–Trinajstić information content (AvgIpc) is 2.52. The molecule has 1 rings (SSSR count). The Kier molecular flexibility index (Phi) is 2.98. The molecule has 0 amide bonds. The van der Waals surface area contributed by atoms with Gasteiger partial charge in [0.1, 0.15) is 0 Å². The first-order valence-corrected chi connectivity index (χ1v) is 3.76. The summed E-state index contributed by atoms with van der Waals surface area (Å²) < 4.78 is 4.38. The number of nitrogens with zero attached hydrogens (tertiary/aromatic N) is 3. The van der Waals surface area contributed by atoms with E-state index < -0.39 is 5.50 Å². The van der Waals surface area contributed by atoms with E-state index in [9.17, 15) is 4.91 Å². The molecule has 0 radical (unpaired) electrons.